The summed E-state index contributed by atoms with van der Waals surface area (Å²) in [6.07, 6.45) is 10.5. The van der Waals surface area contributed by atoms with Gasteiger partial charge in [0.2, 0.25) is 0 Å². The molecule has 0 radical (unpaired) electrons. The summed E-state index contributed by atoms with van der Waals surface area (Å²) in [5.74, 6) is 0. The summed E-state index contributed by atoms with van der Waals surface area (Å²) < 4.78 is 0. The Morgan fingerprint density at radius 1 is 1.38 bits per heavy atom. The average Bonchev–Trinajstić information content (AvgIpc) is 2.14. The largest absolute Gasteiger partial charge is 0.372 e. The molecule has 0 rings (SSSR count). The molecule has 0 amide bonds. The van der Waals surface area contributed by atoms with Crippen molar-refractivity contribution in [3.8, 4) is 0 Å². The van der Waals surface area contributed by atoms with Gasteiger partial charge in [-0.15, -0.1) is 0 Å². The van der Waals surface area contributed by atoms with Gasteiger partial charge in [-0.3, -0.25) is 0 Å². The first kappa shape index (κ1) is 12.2. The van der Waals surface area contributed by atoms with Crippen molar-refractivity contribution in [2.24, 2.45) is 0 Å². The summed E-state index contributed by atoms with van der Waals surface area (Å²) in [6, 6.07) is 0. The fourth-order valence-corrected chi connectivity index (χ4v) is 1.17. The van der Waals surface area contributed by atoms with Crippen LogP contribution in [0.5, 0.6) is 0 Å². The Morgan fingerprint density at radius 3 is 2.38 bits per heavy atom. The van der Waals surface area contributed by atoms with E-state index in [0.717, 1.165) is 12.8 Å². The van der Waals surface area contributed by atoms with Crippen LogP contribution >= 0.6 is 0 Å². The standard InChI is InChI=1S/C11H22N2/c1-5-7-10-13(4)11(3,6-2)8-9-12/h7-10H,5-6,12H2,1-4H3/p+1/b9-8-,10-7-. The van der Waals surface area contributed by atoms with Gasteiger partial charge >= 0.3 is 0 Å². The van der Waals surface area contributed by atoms with Gasteiger partial charge in [0.05, 0.1) is 11.7 Å². The van der Waals surface area contributed by atoms with Crippen LogP contribution in [-0.2, 0) is 0 Å². The lowest BCUT2D eigenvalue weighted by Gasteiger charge is -2.34. The zero-order chi connectivity index (χ0) is 10.3. The van der Waals surface area contributed by atoms with Crippen molar-refractivity contribution in [2.75, 3.05) is 7.05 Å². The molecule has 0 saturated carbocycles. The molecule has 0 aliphatic carbocycles. The Hall–Kier alpha value is -0.760. The molecule has 1 unspecified atom stereocenters. The van der Waals surface area contributed by atoms with Gasteiger partial charge in [-0.25, -0.2) is 0 Å². The predicted molar refractivity (Wildman–Crippen MR) is 57.9 cm³/mol. The van der Waals surface area contributed by atoms with Crippen molar-refractivity contribution >= 4 is 0 Å². The molecule has 0 aromatic rings. The predicted octanol–water partition coefficient (Wildman–Crippen LogP) is 1.77. The maximum atomic E-state index is 3.75. The number of hydrogen-bond donors (Lipinski definition) is 1. The molecule has 0 heterocycles. The van der Waals surface area contributed by atoms with Crippen LogP contribution < -0.4 is 5.73 Å². The molecule has 0 bridgehead atoms. The molecule has 0 saturated heterocycles. The summed E-state index contributed by atoms with van der Waals surface area (Å²) in [5.41, 5.74) is 3.85. The molecule has 0 aromatic carbocycles. The van der Waals surface area contributed by atoms with E-state index in [2.05, 4.69) is 56.8 Å². The summed E-state index contributed by atoms with van der Waals surface area (Å²) >= 11 is 0. The zero-order valence-electron chi connectivity index (χ0n) is 9.38. The number of rotatable bonds is 5. The van der Waals surface area contributed by atoms with Crippen molar-refractivity contribution in [3.05, 3.63) is 24.6 Å². The highest BCUT2D eigenvalue weighted by Crippen LogP contribution is 2.19. The van der Waals surface area contributed by atoms with Crippen molar-refractivity contribution in [1.82, 2.24) is 4.90 Å². The van der Waals surface area contributed by atoms with Gasteiger partial charge in [0, 0.05) is 7.05 Å². The number of hydrogen-bond acceptors (Lipinski definition) is 1. The number of nitrogens with zero attached hydrogens (tertiary/aromatic N) is 1. The van der Waals surface area contributed by atoms with Crippen molar-refractivity contribution in [1.29, 1.82) is 0 Å². The first-order chi connectivity index (χ1) is 6.10. The van der Waals surface area contributed by atoms with E-state index < -0.39 is 0 Å². The van der Waals surface area contributed by atoms with Gasteiger partial charge in [-0.1, -0.05) is 19.9 Å². The summed E-state index contributed by atoms with van der Waals surface area (Å²) in [7, 11) is 2.11. The highest BCUT2D eigenvalue weighted by Gasteiger charge is 2.21. The van der Waals surface area contributed by atoms with E-state index in [9.17, 15) is 0 Å². The van der Waals surface area contributed by atoms with Crippen LogP contribution in [-0.4, -0.2) is 17.5 Å². The van der Waals surface area contributed by atoms with Crippen LogP contribution in [0.25, 0.3) is 0 Å². The molecule has 0 aliphatic heterocycles. The van der Waals surface area contributed by atoms with E-state index in [0.29, 0.717) is 0 Å². The Kier molecular flexibility index (Phi) is 5.47. The second-order valence-electron chi connectivity index (χ2n) is 3.52. The lowest BCUT2D eigenvalue weighted by atomic mass is 9.97. The normalized spacial score (nSPS) is 16.7. The van der Waals surface area contributed by atoms with E-state index in [1.54, 1.807) is 0 Å². The third kappa shape index (κ3) is 3.64. The highest BCUT2D eigenvalue weighted by atomic mass is 15.1. The van der Waals surface area contributed by atoms with Crippen LogP contribution in [0.3, 0.4) is 0 Å². The topological polar surface area (TPSA) is 30.9 Å². The number of allylic oxidation sites excluding steroid dienone is 1. The summed E-state index contributed by atoms with van der Waals surface area (Å²) in [4.78, 5) is 2.23. The van der Waals surface area contributed by atoms with Gasteiger partial charge in [0.1, 0.15) is 0 Å². The molecule has 0 aromatic heterocycles. The number of likely N-dealkylation sites (N-methyl/N-ethyl adjacent to an activating group) is 1. The quantitative estimate of drug-likeness (QED) is 0.692. The average molecular weight is 183 g/mol. The van der Waals surface area contributed by atoms with Crippen molar-refractivity contribution in [2.45, 2.75) is 39.2 Å². The lowest BCUT2D eigenvalue weighted by molar-refractivity contribution is -0.275. The van der Waals surface area contributed by atoms with E-state index in [1.165, 1.54) is 0 Å². The van der Waals surface area contributed by atoms with Crippen LogP contribution in [0.1, 0.15) is 33.6 Å². The molecule has 3 N–H and O–H groups in total. The maximum Gasteiger partial charge on any atom is 0.0892 e. The minimum Gasteiger partial charge on any atom is -0.372 e. The smallest absolute Gasteiger partial charge is 0.0892 e. The molecule has 1 atom stereocenters. The Morgan fingerprint density at radius 2 is 2.00 bits per heavy atom. The van der Waals surface area contributed by atoms with E-state index in [4.69, 9.17) is 0 Å². The third-order valence-electron chi connectivity index (χ3n) is 2.56. The molecule has 2 nitrogen and oxygen atoms in total. The lowest BCUT2D eigenvalue weighted by Crippen LogP contribution is -2.44. The SMILES string of the molecule is CC/C=C\N(C)C(C)(/C=C\[NH3+])CC. The Bertz CT molecular complexity index is 185. The van der Waals surface area contributed by atoms with Gasteiger partial charge < -0.3 is 10.6 Å². The monoisotopic (exact) mass is 183 g/mol. The zero-order valence-corrected chi connectivity index (χ0v) is 9.38. The second-order valence-corrected chi connectivity index (χ2v) is 3.52. The molecule has 2 heteroatoms. The second kappa shape index (κ2) is 5.81. The fourth-order valence-electron chi connectivity index (χ4n) is 1.17. The van der Waals surface area contributed by atoms with Gasteiger partial charge in [-0.05, 0) is 32.0 Å². The minimum absolute atomic E-state index is 0.105. The summed E-state index contributed by atoms with van der Waals surface area (Å²) in [6.45, 7) is 6.55. The van der Waals surface area contributed by atoms with Crippen molar-refractivity contribution in [3.63, 3.8) is 0 Å². The number of quaternary nitrogens is 1. The van der Waals surface area contributed by atoms with E-state index >= 15 is 0 Å². The molecule has 0 spiro atoms. The van der Waals surface area contributed by atoms with Crippen LogP contribution in [0.2, 0.25) is 0 Å². The molecular weight excluding hydrogens is 160 g/mol. The highest BCUT2D eigenvalue weighted by molar-refractivity contribution is 5.04. The maximum absolute atomic E-state index is 3.75. The van der Waals surface area contributed by atoms with Crippen LogP contribution in [0, 0.1) is 0 Å². The molecular formula is C11H23N2+. The van der Waals surface area contributed by atoms with Gasteiger partial charge in [0.25, 0.3) is 0 Å². The molecule has 0 fully saturated rings. The van der Waals surface area contributed by atoms with E-state index in [-0.39, 0.29) is 5.54 Å². The van der Waals surface area contributed by atoms with Gasteiger partial charge in [-0.2, -0.15) is 0 Å². The molecule has 76 valence electrons. The van der Waals surface area contributed by atoms with Crippen LogP contribution in [0.15, 0.2) is 24.6 Å². The van der Waals surface area contributed by atoms with Gasteiger partial charge in [0.15, 0.2) is 0 Å². The first-order valence-electron chi connectivity index (χ1n) is 4.97. The fraction of sp³-hybridized carbons (Fsp3) is 0.636. The van der Waals surface area contributed by atoms with Crippen LogP contribution in [0.4, 0.5) is 0 Å². The Labute approximate surface area is 82.1 Å². The van der Waals surface area contributed by atoms with Crippen molar-refractivity contribution < 1.29 is 5.73 Å². The third-order valence-corrected chi connectivity index (χ3v) is 2.56. The Balaban J connectivity index is 4.46. The summed E-state index contributed by atoms with van der Waals surface area (Å²) in [5, 5.41) is 0. The minimum atomic E-state index is 0.105. The van der Waals surface area contributed by atoms with E-state index in [1.807, 2.05) is 6.20 Å². The molecule has 0 aliphatic rings. The first-order valence-corrected chi connectivity index (χ1v) is 4.97. The molecule has 13 heavy (non-hydrogen) atoms.